The molecular weight excluding hydrogens is 235 g/mol. The summed E-state index contributed by atoms with van der Waals surface area (Å²) in [5.74, 6) is -0.261. The first kappa shape index (κ1) is 19.0. The van der Waals surface area contributed by atoms with Gasteiger partial charge in [-0.2, -0.15) is 8.42 Å². The van der Waals surface area contributed by atoms with Crippen LogP contribution in [0.2, 0.25) is 0 Å². The third-order valence-electron chi connectivity index (χ3n) is 2.20. The molecule has 0 amide bonds. The fraction of sp³-hybridized carbons (Fsp3) is 0.818. The fourth-order valence-electron chi connectivity index (χ4n) is 1.35. The zero-order valence-corrected chi connectivity index (χ0v) is 10.3. The molecule has 0 unspecified atom stereocenters. The molecule has 0 aromatic rings. The Balaban J connectivity index is 0. The average Bonchev–Trinajstić information content (AvgIpc) is 2.14. The van der Waals surface area contributed by atoms with Gasteiger partial charge in [-0.05, 0) is 12.8 Å². The van der Waals surface area contributed by atoms with Gasteiger partial charge in [-0.25, -0.2) is 0 Å². The first-order chi connectivity index (χ1) is 7.06. The Bertz CT molecular complexity index is 260. The third kappa shape index (κ3) is 17.1. The van der Waals surface area contributed by atoms with Crippen LogP contribution in [0.5, 0.6) is 0 Å². The molecule has 92 valence electrons. The summed E-state index contributed by atoms with van der Waals surface area (Å²) in [5, 5.41) is 0. The summed E-state index contributed by atoms with van der Waals surface area (Å²) in [4.78, 5) is 0. The zero-order valence-electron chi connectivity index (χ0n) is 9.48. The van der Waals surface area contributed by atoms with Crippen LogP contribution in [0, 0.1) is 0 Å². The molecule has 0 saturated heterocycles. The van der Waals surface area contributed by atoms with Gasteiger partial charge in [0.15, 0.2) is 0 Å². The maximum absolute atomic E-state index is 10.3. The van der Waals surface area contributed by atoms with E-state index >= 15 is 0 Å². The Morgan fingerprint density at radius 3 is 2.12 bits per heavy atom. The summed E-state index contributed by atoms with van der Waals surface area (Å²) in [7, 11) is -3.82. The summed E-state index contributed by atoms with van der Waals surface area (Å²) < 4.78 is 29.1. The predicted octanol–water partition coefficient (Wildman–Crippen LogP) is 2.53. The van der Waals surface area contributed by atoms with Crippen molar-refractivity contribution in [1.29, 1.82) is 0 Å². The van der Waals surface area contributed by atoms with Crippen molar-refractivity contribution in [1.82, 2.24) is 0 Å². The standard InChI is InChI=1S/C11H22O3S.Na.H/c1-2-3-4-5-6-7-8-9-10-11-15(12,13)14;;/h9-10H,2-8,11H2,1H3,(H,12,13,14);;. The molecule has 0 aromatic carbocycles. The molecule has 3 nitrogen and oxygen atoms in total. The molecule has 16 heavy (non-hydrogen) atoms. The van der Waals surface area contributed by atoms with Crippen LogP contribution in [-0.2, 0) is 10.1 Å². The van der Waals surface area contributed by atoms with E-state index in [4.69, 9.17) is 4.55 Å². The Morgan fingerprint density at radius 2 is 1.56 bits per heavy atom. The molecule has 0 heterocycles. The molecule has 0 bridgehead atoms. The second kappa shape index (κ2) is 12.1. The quantitative estimate of drug-likeness (QED) is 0.299. The van der Waals surface area contributed by atoms with Gasteiger partial charge >= 0.3 is 29.6 Å². The van der Waals surface area contributed by atoms with E-state index < -0.39 is 10.1 Å². The molecule has 0 aliphatic rings. The van der Waals surface area contributed by atoms with E-state index in [1.54, 1.807) is 0 Å². The van der Waals surface area contributed by atoms with Crippen LogP contribution in [0.3, 0.4) is 0 Å². The van der Waals surface area contributed by atoms with E-state index in [9.17, 15) is 8.42 Å². The van der Waals surface area contributed by atoms with Crippen LogP contribution in [0.1, 0.15) is 51.9 Å². The van der Waals surface area contributed by atoms with Crippen LogP contribution in [0.4, 0.5) is 0 Å². The fourth-order valence-corrected chi connectivity index (χ4v) is 1.73. The molecule has 0 atom stereocenters. The van der Waals surface area contributed by atoms with Gasteiger partial charge in [0, 0.05) is 0 Å². The molecule has 0 aliphatic heterocycles. The van der Waals surface area contributed by atoms with Crippen LogP contribution in [-0.4, -0.2) is 48.3 Å². The molecule has 0 fully saturated rings. The Hall–Kier alpha value is 0.650. The number of unbranched alkanes of at least 4 members (excludes halogenated alkanes) is 6. The minimum atomic E-state index is -3.82. The van der Waals surface area contributed by atoms with E-state index in [1.807, 2.05) is 6.08 Å². The monoisotopic (exact) mass is 258 g/mol. The van der Waals surface area contributed by atoms with Crippen LogP contribution in [0.15, 0.2) is 12.2 Å². The van der Waals surface area contributed by atoms with Crippen molar-refractivity contribution >= 4 is 39.7 Å². The second-order valence-electron chi connectivity index (χ2n) is 3.78. The summed E-state index contributed by atoms with van der Waals surface area (Å²) in [6, 6.07) is 0. The van der Waals surface area contributed by atoms with Crippen molar-refractivity contribution in [3.05, 3.63) is 12.2 Å². The molecule has 0 radical (unpaired) electrons. The van der Waals surface area contributed by atoms with Gasteiger partial charge in [0.1, 0.15) is 0 Å². The molecular formula is C11H23NaO3S. The van der Waals surface area contributed by atoms with Gasteiger partial charge in [-0.15, -0.1) is 0 Å². The Kier molecular flexibility index (Phi) is 14.4. The van der Waals surface area contributed by atoms with Crippen molar-refractivity contribution in [2.24, 2.45) is 0 Å². The van der Waals surface area contributed by atoms with E-state index in [0.29, 0.717) is 0 Å². The molecule has 0 aliphatic carbocycles. The molecule has 0 rings (SSSR count). The third-order valence-corrected chi connectivity index (χ3v) is 2.81. The number of hydrogen-bond acceptors (Lipinski definition) is 2. The van der Waals surface area contributed by atoms with Crippen LogP contribution < -0.4 is 0 Å². The first-order valence-corrected chi connectivity index (χ1v) is 7.27. The van der Waals surface area contributed by atoms with Crippen LogP contribution in [0.25, 0.3) is 0 Å². The molecule has 5 heteroatoms. The predicted molar refractivity (Wildman–Crippen MR) is 70.7 cm³/mol. The normalized spacial score (nSPS) is 11.6. The summed E-state index contributed by atoms with van der Waals surface area (Å²) in [5.41, 5.74) is 0. The van der Waals surface area contributed by atoms with Gasteiger partial charge in [0.05, 0.1) is 5.75 Å². The van der Waals surface area contributed by atoms with Gasteiger partial charge in [0.25, 0.3) is 10.1 Å². The zero-order chi connectivity index (χ0) is 11.6. The van der Waals surface area contributed by atoms with Gasteiger partial charge in [-0.1, -0.05) is 51.2 Å². The molecule has 0 saturated carbocycles. The summed E-state index contributed by atoms with van der Waals surface area (Å²) in [6.45, 7) is 2.19. The van der Waals surface area contributed by atoms with Gasteiger partial charge in [-0.3, -0.25) is 4.55 Å². The van der Waals surface area contributed by atoms with Crippen molar-refractivity contribution in [2.75, 3.05) is 5.75 Å². The summed E-state index contributed by atoms with van der Waals surface area (Å²) >= 11 is 0. The van der Waals surface area contributed by atoms with Crippen molar-refractivity contribution in [3.63, 3.8) is 0 Å². The Labute approximate surface area is 122 Å². The van der Waals surface area contributed by atoms with Crippen LogP contribution >= 0.6 is 0 Å². The molecule has 0 aromatic heterocycles. The number of allylic oxidation sites excluding steroid dienone is 1. The van der Waals surface area contributed by atoms with Gasteiger partial charge in [0.2, 0.25) is 0 Å². The first-order valence-electron chi connectivity index (χ1n) is 5.66. The van der Waals surface area contributed by atoms with E-state index in [-0.39, 0.29) is 35.3 Å². The Morgan fingerprint density at radius 1 is 1.00 bits per heavy atom. The van der Waals surface area contributed by atoms with E-state index in [1.165, 1.54) is 38.2 Å². The molecule has 0 spiro atoms. The minimum absolute atomic E-state index is 0. The van der Waals surface area contributed by atoms with Crippen molar-refractivity contribution in [3.8, 4) is 0 Å². The maximum atomic E-state index is 10.3. The molecule has 1 N–H and O–H groups in total. The SMILES string of the molecule is CCCCCCCCC=CCS(=O)(=O)O.[NaH]. The summed E-state index contributed by atoms with van der Waals surface area (Å²) in [6.07, 6.45) is 11.7. The number of hydrogen-bond donors (Lipinski definition) is 1. The van der Waals surface area contributed by atoms with Gasteiger partial charge < -0.3 is 0 Å². The van der Waals surface area contributed by atoms with Crippen molar-refractivity contribution in [2.45, 2.75) is 51.9 Å². The topological polar surface area (TPSA) is 54.4 Å². The second-order valence-corrected chi connectivity index (χ2v) is 5.27. The van der Waals surface area contributed by atoms with Crippen molar-refractivity contribution < 1.29 is 13.0 Å². The van der Waals surface area contributed by atoms with E-state index in [2.05, 4.69) is 6.92 Å². The number of rotatable bonds is 9. The van der Waals surface area contributed by atoms with E-state index in [0.717, 1.165) is 12.8 Å². The average molecular weight is 258 g/mol.